The van der Waals surface area contributed by atoms with Crippen LogP contribution in [0.2, 0.25) is 0 Å². The van der Waals surface area contributed by atoms with E-state index in [0.29, 0.717) is 22.6 Å². The minimum absolute atomic E-state index is 0.0902. The fraction of sp³-hybridized carbons (Fsp3) is 0.231. The first kappa shape index (κ1) is 14.6. The summed E-state index contributed by atoms with van der Waals surface area (Å²) in [5, 5.41) is 0. The Bertz CT molecular complexity index is 677. The summed E-state index contributed by atoms with van der Waals surface area (Å²) in [5.74, 6) is 0.349. The summed E-state index contributed by atoms with van der Waals surface area (Å²) in [6, 6.07) is 5.70. The zero-order chi connectivity index (χ0) is 14.9. The Morgan fingerprint density at radius 1 is 1.15 bits per heavy atom. The van der Waals surface area contributed by atoms with Crippen LogP contribution >= 0.6 is 11.8 Å². The number of aryl methyl sites for hydroxylation is 1. The first-order valence-electron chi connectivity index (χ1n) is 5.70. The second kappa shape index (κ2) is 5.32. The number of aromatic amines is 1. The molecule has 7 heteroatoms. The highest BCUT2D eigenvalue weighted by molar-refractivity contribution is 8.00. The normalized spacial score (nSPS) is 11.7. The molecule has 0 saturated heterocycles. The number of alkyl halides is 3. The van der Waals surface area contributed by atoms with E-state index in [0.717, 1.165) is 0 Å². The maximum atomic E-state index is 12.2. The Morgan fingerprint density at radius 2 is 1.75 bits per heavy atom. The molecule has 0 aliphatic carbocycles. The number of rotatable bonds is 2. The van der Waals surface area contributed by atoms with Gasteiger partial charge in [-0.15, -0.1) is 0 Å². The third kappa shape index (κ3) is 3.41. The summed E-state index contributed by atoms with van der Waals surface area (Å²) in [6.07, 6.45) is 0. The van der Waals surface area contributed by atoms with E-state index in [1.54, 1.807) is 13.8 Å². The lowest BCUT2D eigenvalue weighted by molar-refractivity contribution is -0.0328. The highest BCUT2D eigenvalue weighted by Gasteiger charge is 2.29. The zero-order valence-corrected chi connectivity index (χ0v) is 11.5. The molecule has 3 nitrogen and oxygen atoms in total. The molecule has 0 amide bonds. The lowest BCUT2D eigenvalue weighted by Gasteiger charge is -2.07. The molecule has 2 aromatic rings. The van der Waals surface area contributed by atoms with Gasteiger partial charge in [0.25, 0.3) is 5.56 Å². The fourth-order valence-corrected chi connectivity index (χ4v) is 2.14. The maximum Gasteiger partial charge on any atom is 0.446 e. The van der Waals surface area contributed by atoms with E-state index >= 15 is 0 Å². The monoisotopic (exact) mass is 300 g/mol. The summed E-state index contributed by atoms with van der Waals surface area (Å²) in [7, 11) is 0. The number of hydrogen-bond donors (Lipinski definition) is 1. The Hall–Kier alpha value is -1.76. The van der Waals surface area contributed by atoms with Crippen molar-refractivity contribution < 1.29 is 13.2 Å². The van der Waals surface area contributed by atoms with E-state index in [9.17, 15) is 18.0 Å². The number of nitrogens with zero attached hydrogens (tertiary/aromatic N) is 1. The number of H-pyrrole nitrogens is 1. The van der Waals surface area contributed by atoms with E-state index in [1.807, 2.05) is 0 Å². The van der Waals surface area contributed by atoms with Crippen molar-refractivity contribution in [3.05, 3.63) is 45.9 Å². The first-order chi connectivity index (χ1) is 9.26. The molecule has 0 spiro atoms. The van der Waals surface area contributed by atoms with Gasteiger partial charge in [0, 0.05) is 21.7 Å². The molecule has 1 aromatic heterocycles. The van der Waals surface area contributed by atoms with Crippen molar-refractivity contribution in [1.82, 2.24) is 9.97 Å². The van der Waals surface area contributed by atoms with Crippen LogP contribution in [0.25, 0.3) is 11.4 Å². The Balaban J connectivity index is 2.33. The number of thioether (sulfide) groups is 1. The molecule has 2 rings (SSSR count). The second-order valence-electron chi connectivity index (χ2n) is 4.20. The van der Waals surface area contributed by atoms with Gasteiger partial charge in [0.2, 0.25) is 0 Å². The zero-order valence-electron chi connectivity index (χ0n) is 10.7. The van der Waals surface area contributed by atoms with Gasteiger partial charge in [-0.2, -0.15) is 13.2 Å². The van der Waals surface area contributed by atoms with Crippen molar-refractivity contribution >= 4 is 11.8 Å². The topological polar surface area (TPSA) is 45.8 Å². The van der Waals surface area contributed by atoms with E-state index in [2.05, 4.69) is 9.97 Å². The van der Waals surface area contributed by atoms with Crippen molar-refractivity contribution in [2.45, 2.75) is 24.3 Å². The van der Waals surface area contributed by atoms with Crippen LogP contribution in [0.5, 0.6) is 0 Å². The van der Waals surface area contributed by atoms with Gasteiger partial charge in [0.15, 0.2) is 0 Å². The Morgan fingerprint density at radius 3 is 2.25 bits per heavy atom. The van der Waals surface area contributed by atoms with Crippen LogP contribution in [0.4, 0.5) is 13.2 Å². The molecule has 0 bridgehead atoms. The van der Waals surface area contributed by atoms with Crippen LogP contribution in [0.15, 0.2) is 34.0 Å². The lowest BCUT2D eigenvalue weighted by atomic mass is 10.2. The molecule has 1 N–H and O–H groups in total. The van der Waals surface area contributed by atoms with Gasteiger partial charge < -0.3 is 4.98 Å². The van der Waals surface area contributed by atoms with Crippen LogP contribution in [-0.4, -0.2) is 15.5 Å². The molecule has 0 unspecified atom stereocenters. The molecule has 106 valence electrons. The molecular formula is C13H11F3N2OS. The summed E-state index contributed by atoms with van der Waals surface area (Å²) in [4.78, 5) is 18.6. The lowest BCUT2D eigenvalue weighted by Crippen LogP contribution is -2.14. The van der Waals surface area contributed by atoms with Crippen molar-refractivity contribution in [2.24, 2.45) is 0 Å². The molecule has 0 aliphatic heterocycles. The van der Waals surface area contributed by atoms with Gasteiger partial charge in [-0.05, 0) is 37.7 Å². The minimum Gasteiger partial charge on any atom is -0.306 e. The summed E-state index contributed by atoms with van der Waals surface area (Å²) >= 11 is -0.179. The van der Waals surface area contributed by atoms with E-state index < -0.39 is 5.51 Å². The molecule has 20 heavy (non-hydrogen) atoms. The summed E-state index contributed by atoms with van der Waals surface area (Å²) in [5.41, 5.74) is -2.87. The third-order valence-electron chi connectivity index (χ3n) is 2.76. The molecule has 0 saturated carbocycles. The molecule has 0 atom stereocenters. The van der Waals surface area contributed by atoms with Gasteiger partial charge in [-0.1, -0.05) is 12.1 Å². The van der Waals surface area contributed by atoms with Gasteiger partial charge in [-0.3, -0.25) is 4.79 Å². The second-order valence-corrected chi connectivity index (χ2v) is 5.34. The molecule has 0 aliphatic rings. The fourth-order valence-electron chi connectivity index (χ4n) is 1.60. The Labute approximate surface area is 117 Å². The van der Waals surface area contributed by atoms with E-state index in [1.165, 1.54) is 24.3 Å². The summed E-state index contributed by atoms with van der Waals surface area (Å²) < 4.78 is 36.7. The van der Waals surface area contributed by atoms with Crippen LogP contribution in [-0.2, 0) is 0 Å². The van der Waals surface area contributed by atoms with Crippen molar-refractivity contribution in [3.8, 4) is 11.4 Å². The predicted molar refractivity (Wildman–Crippen MR) is 71.7 cm³/mol. The molecule has 0 fully saturated rings. The largest absolute Gasteiger partial charge is 0.446 e. The SMILES string of the molecule is Cc1nc(-c2ccc(SC(F)(F)F)cc2)[nH]c(=O)c1C. The number of benzene rings is 1. The third-order valence-corrected chi connectivity index (χ3v) is 3.50. The Kier molecular flexibility index (Phi) is 3.89. The average molecular weight is 300 g/mol. The van der Waals surface area contributed by atoms with Gasteiger partial charge >= 0.3 is 5.51 Å². The quantitative estimate of drug-likeness (QED) is 0.861. The number of nitrogens with one attached hydrogen (secondary N) is 1. The van der Waals surface area contributed by atoms with Crippen molar-refractivity contribution in [2.75, 3.05) is 0 Å². The highest BCUT2D eigenvalue weighted by atomic mass is 32.2. The van der Waals surface area contributed by atoms with Crippen molar-refractivity contribution in [3.63, 3.8) is 0 Å². The molecule has 1 aromatic carbocycles. The van der Waals surface area contributed by atoms with Gasteiger partial charge in [-0.25, -0.2) is 4.98 Å². The van der Waals surface area contributed by atoms with Crippen LogP contribution < -0.4 is 5.56 Å². The van der Waals surface area contributed by atoms with Crippen LogP contribution in [0, 0.1) is 13.8 Å². The van der Waals surface area contributed by atoms with Gasteiger partial charge in [0.1, 0.15) is 5.82 Å². The van der Waals surface area contributed by atoms with E-state index in [4.69, 9.17) is 0 Å². The highest BCUT2D eigenvalue weighted by Crippen LogP contribution is 2.37. The molecular weight excluding hydrogens is 289 g/mol. The predicted octanol–water partition coefficient (Wildman–Crippen LogP) is 3.67. The van der Waals surface area contributed by atoms with E-state index in [-0.39, 0.29) is 22.2 Å². The first-order valence-corrected chi connectivity index (χ1v) is 6.51. The minimum atomic E-state index is -4.31. The molecule has 0 radical (unpaired) electrons. The van der Waals surface area contributed by atoms with Crippen LogP contribution in [0.1, 0.15) is 11.3 Å². The maximum absolute atomic E-state index is 12.2. The smallest absolute Gasteiger partial charge is 0.306 e. The average Bonchev–Trinajstić information content (AvgIpc) is 2.34. The number of hydrogen-bond acceptors (Lipinski definition) is 3. The van der Waals surface area contributed by atoms with Gasteiger partial charge in [0.05, 0.1) is 0 Å². The van der Waals surface area contributed by atoms with Crippen molar-refractivity contribution in [1.29, 1.82) is 0 Å². The number of aromatic nitrogens is 2. The molecule has 1 heterocycles. The number of halogens is 3. The standard InChI is InChI=1S/C13H11F3N2OS/c1-7-8(2)17-11(18-12(7)19)9-3-5-10(6-4-9)20-13(14,15)16/h3-6H,1-2H3,(H,17,18,19). The summed E-state index contributed by atoms with van der Waals surface area (Å²) in [6.45, 7) is 3.37. The van der Waals surface area contributed by atoms with Crippen LogP contribution in [0.3, 0.4) is 0 Å².